The highest BCUT2D eigenvalue weighted by atomic mass is 19.4. The molecule has 3 heterocycles. The van der Waals surface area contributed by atoms with Gasteiger partial charge in [-0.25, -0.2) is 19.4 Å². The van der Waals surface area contributed by atoms with Gasteiger partial charge in [-0.05, 0) is 25.8 Å². The molecule has 1 unspecified atom stereocenters. The van der Waals surface area contributed by atoms with E-state index < -0.39 is 29.7 Å². The van der Waals surface area contributed by atoms with Gasteiger partial charge in [0.15, 0.2) is 11.5 Å². The van der Waals surface area contributed by atoms with Gasteiger partial charge in [-0.1, -0.05) is 30.7 Å². The van der Waals surface area contributed by atoms with E-state index in [1.54, 1.807) is 12.3 Å². The zero-order chi connectivity index (χ0) is 25.9. The number of halogens is 4. The summed E-state index contributed by atoms with van der Waals surface area (Å²) >= 11 is 0. The number of amides is 1. The average molecular weight is 504 g/mol. The van der Waals surface area contributed by atoms with Crippen LogP contribution in [-0.2, 0) is 6.18 Å². The van der Waals surface area contributed by atoms with Crippen LogP contribution in [0.4, 0.5) is 17.6 Å². The highest BCUT2D eigenvalue weighted by molar-refractivity contribution is 6.11. The molecular formula is C25H25F4N5O2. The average Bonchev–Trinajstić information content (AvgIpc) is 2.82. The number of benzene rings is 1. The number of aliphatic imine (C=N–C) groups is 2. The van der Waals surface area contributed by atoms with Gasteiger partial charge in [-0.15, -0.1) is 0 Å². The van der Waals surface area contributed by atoms with Crippen molar-refractivity contribution in [2.45, 2.75) is 39.0 Å². The summed E-state index contributed by atoms with van der Waals surface area (Å²) in [7, 11) is 0. The fourth-order valence-corrected chi connectivity index (χ4v) is 4.13. The number of likely N-dealkylation sites (tertiary alicyclic amines) is 1. The first kappa shape index (κ1) is 25.5. The van der Waals surface area contributed by atoms with Crippen LogP contribution in [0.5, 0.6) is 5.88 Å². The lowest BCUT2D eigenvalue weighted by molar-refractivity contribution is -0.141. The van der Waals surface area contributed by atoms with Gasteiger partial charge in [0.1, 0.15) is 11.9 Å². The second-order valence-corrected chi connectivity index (χ2v) is 8.82. The molecule has 2 aromatic rings. The third-order valence-electron chi connectivity index (χ3n) is 5.80. The van der Waals surface area contributed by atoms with Crippen molar-refractivity contribution in [2.75, 3.05) is 19.6 Å². The molecule has 1 amide bonds. The third kappa shape index (κ3) is 5.95. The Morgan fingerprint density at radius 2 is 2.00 bits per heavy atom. The Morgan fingerprint density at radius 3 is 2.72 bits per heavy atom. The molecule has 7 nitrogen and oxygen atoms in total. The molecule has 36 heavy (non-hydrogen) atoms. The SMILES string of the molecule is C/C1=C\C(C)/C=N\C(c2cccc(F)c2C(=O)N2CCC[C@@H](Oc3cnc(C(F)(F)F)cn3)C2)=N/C1. The summed E-state index contributed by atoms with van der Waals surface area (Å²) in [6.07, 6.45) is 1.23. The number of piperidine rings is 1. The molecule has 2 atom stereocenters. The standard InChI is InChI=1S/C25H25F4N5O2/c1-15-9-16(2)11-33-23(32-10-15)18-6-3-7-19(26)22(18)24(35)34-8-4-5-17(14-34)36-21-13-30-20(12-31-21)25(27,28)29/h3,6-7,9-10,12-13,15,17H,4-5,8,11,14H2,1-2H3/b16-9+,32-10-,33-23-/t15?,17-/m1/s1. The molecule has 2 aliphatic rings. The number of alkyl halides is 3. The molecule has 190 valence electrons. The van der Waals surface area contributed by atoms with Gasteiger partial charge < -0.3 is 9.64 Å². The molecular weight excluding hydrogens is 478 g/mol. The summed E-state index contributed by atoms with van der Waals surface area (Å²) in [4.78, 5) is 30.9. The molecule has 2 aliphatic heterocycles. The van der Waals surface area contributed by atoms with Gasteiger partial charge in [-0.3, -0.25) is 9.79 Å². The van der Waals surface area contributed by atoms with Crippen LogP contribution >= 0.6 is 0 Å². The number of rotatable bonds is 4. The van der Waals surface area contributed by atoms with Crippen molar-refractivity contribution < 1.29 is 27.1 Å². The zero-order valence-electron chi connectivity index (χ0n) is 19.8. The minimum atomic E-state index is -4.60. The van der Waals surface area contributed by atoms with E-state index in [4.69, 9.17) is 4.74 Å². The Hall–Kier alpha value is -3.63. The second kappa shape index (κ2) is 10.5. The Balaban J connectivity index is 1.54. The van der Waals surface area contributed by atoms with Crippen molar-refractivity contribution in [1.82, 2.24) is 14.9 Å². The van der Waals surface area contributed by atoms with Crippen LogP contribution in [0.25, 0.3) is 0 Å². The number of nitrogens with zero attached hydrogens (tertiary/aromatic N) is 5. The van der Waals surface area contributed by atoms with Gasteiger partial charge >= 0.3 is 6.18 Å². The van der Waals surface area contributed by atoms with Crippen molar-refractivity contribution in [3.05, 3.63) is 64.9 Å². The first-order chi connectivity index (χ1) is 17.1. The van der Waals surface area contributed by atoms with Gasteiger partial charge in [0.05, 0.1) is 31.0 Å². The number of hydrogen-bond donors (Lipinski definition) is 0. The van der Waals surface area contributed by atoms with Crippen molar-refractivity contribution >= 4 is 18.0 Å². The fraction of sp³-hybridized carbons (Fsp3) is 0.400. The largest absolute Gasteiger partial charge is 0.471 e. The van der Waals surface area contributed by atoms with Gasteiger partial charge in [-0.2, -0.15) is 13.2 Å². The number of carbonyl (C=O) groups is 1. The summed E-state index contributed by atoms with van der Waals surface area (Å²) in [6, 6.07) is 4.34. The van der Waals surface area contributed by atoms with Crippen LogP contribution in [0.15, 0.2) is 52.2 Å². The van der Waals surface area contributed by atoms with E-state index in [0.29, 0.717) is 37.7 Å². The Kier molecular flexibility index (Phi) is 7.46. The van der Waals surface area contributed by atoms with E-state index >= 15 is 4.39 Å². The number of aromatic nitrogens is 2. The maximum Gasteiger partial charge on any atom is 0.434 e. The quantitative estimate of drug-likeness (QED) is 0.446. The Bertz CT molecular complexity index is 1210. The first-order valence-corrected chi connectivity index (χ1v) is 11.5. The molecule has 0 bridgehead atoms. The minimum Gasteiger partial charge on any atom is -0.471 e. The molecule has 0 spiro atoms. The summed E-state index contributed by atoms with van der Waals surface area (Å²) in [5, 5.41) is 0. The van der Waals surface area contributed by atoms with Crippen LogP contribution in [-0.4, -0.2) is 58.6 Å². The lowest BCUT2D eigenvalue weighted by Crippen LogP contribution is -2.45. The highest BCUT2D eigenvalue weighted by Gasteiger charge is 2.33. The summed E-state index contributed by atoms with van der Waals surface area (Å²) in [5.41, 5.74) is 0.0908. The molecule has 4 rings (SSSR count). The van der Waals surface area contributed by atoms with Crippen LogP contribution < -0.4 is 4.74 Å². The first-order valence-electron chi connectivity index (χ1n) is 11.5. The number of amidine groups is 1. The number of hydrogen-bond acceptors (Lipinski definition) is 6. The lowest BCUT2D eigenvalue weighted by atomic mass is 10.0. The maximum atomic E-state index is 15.0. The number of carbonyl (C=O) groups excluding carboxylic acids is 1. The molecule has 0 saturated carbocycles. The molecule has 0 radical (unpaired) electrons. The monoisotopic (exact) mass is 503 g/mol. The van der Waals surface area contributed by atoms with Crippen LogP contribution in [0.2, 0.25) is 0 Å². The smallest absolute Gasteiger partial charge is 0.434 e. The van der Waals surface area contributed by atoms with Gasteiger partial charge in [0.25, 0.3) is 5.91 Å². The Morgan fingerprint density at radius 1 is 1.19 bits per heavy atom. The second-order valence-electron chi connectivity index (χ2n) is 8.82. The fourth-order valence-electron chi connectivity index (χ4n) is 4.13. The minimum absolute atomic E-state index is 0.0662. The third-order valence-corrected chi connectivity index (χ3v) is 5.80. The van der Waals surface area contributed by atoms with Crippen molar-refractivity contribution in [1.29, 1.82) is 0 Å². The van der Waals surface area contributed by atoms with Crippen LogP contribution in [0.3, 0.4) is 0 Å². The van der Waals surface area contributed by atoms with E-state index in [2.05, 4.69) is 20.0 Å². The van der Waals surface area contributed by atoms with Gasteiger partial charge in [0.2, 0.25) is 5.88 Å². The number of ether oxygens (including phenoxy) is 1. The van der Waals surface area contributed by atoms with E-state index in [0.717, 1.165) is 11.8 Å². The summed E-state index contributed by atoms with van der Waals surface area (Å²) in [6.45, 7) is 4.80. The molecule has 1 aromatic heterocycles. The predicted octanol–water partition coefficient (Wildman–Crippen LogP) is 4.73. The number of allylic oxidation sites excluding steroid dienone is 1. The lowest BCUT2D eigenvalue weighted by Gasteiger charge is -2.33. The maximum absolute atomic E-state index is 15.0. The topological polar surface area (TPSA) is 80.0 Å². The van der Waals surface area contributed by atoms with Crippen molar-refractivity contribution in [2.24, 2.45) is 15.9 Å². The Labute approximate surface area is 205 Å². The summed E-state index contributed by atoms with van der Waals surface area (Å²) < 4.78 is 58.9. The van der Waals surface area contributed by atoms with E-state index in [1.165, 1.54) is 17.0 Å². The molecule has 11 heteroatoms. The van der Waals surface area contributed by atoms with E-state index in [9.17, 15) is 18.0 Å². The van der Waals surface area contributed by atoms with E-state index in [1.807, 2.05) is 19.9 Å². The summed E-state index contributed by atoms with van der Waals surface area (Å²) in [5.74, 6) is -0.951. The van der Waals surface area contributed by atoms with Crippen molar-refractivity contribution in [3.63, 3.8) is 0 Å². The van der Waals surface area contributed by atoms with Crippen LogP contribution in [0, 0.1) is 11.7 Å². The van der Waals surface area contributed by atoms with Crippen molar-refractivity contribution in [3.8, 4) is 5.88 Å². The van der Waals surface area contributed by atoms with Crippen LogP contribution in [0.1, 0.15) is 48.3 Å². The molecule has 1 fully saturated rings. The van der Waals surface area contributed by atoms with E-state index in [-0.39, 0.29) is 29.7 Å². The molecule has 0 aliphatic carbocycles. The highest BCUT2D eigenvalue weighted by Crippen LogP contribution is 2.28. The molecule has 1 saturated heterocycles. The predicted molar refractivity (Wildman–Crippen MR) is 126 cm³/mol. The zero-order valence-corrected chi connectivity index (χ0v) is 19.8. The normalized spacial score (nSPS) is 24.6. The molecule has 0 N–H and O–H groups in total. The van der Waals surface area contributed by atoms with Gasteiger partial charge in [0, 0.05) is 24.2 Å². The molecule has 1 aromatic carbocycles.